The van der Waals surface area contributed by atoms with Crippen molar-refractivity contribution >= 4 is 5.78 Å². The zero-order valence-electron chi connectivity index (χ0n) is 11.0. The Labute approximate surface area is 98.4 Å². The number of allylic oxidation sites excluding steroid dienone is 3. The third kappa shape index (κ3) is 3.05. The third-order valence-electron chi connectivity index (χ3n) is 3.28. The van der Waals surface area contributed by atoms with E-state index in [1.165, 1.54) is 11.1 Å². The second-order valence-electron chi connectivity index (χ2n) is 5.29. The largest absolute Gasteiger partial charge is 0.381 e. The molecule has 0 saturated heterocycles. The predicted molar refractivity (Wildman–Crippen MR) is 66.3 cm³/mol. The number of rotatable bonds is 3. The van der Waals surface area contributed by atoms with Gasteiger partial charge in [0.25, 0.3) is 0 Å². The Morgan fingerprint density at radius 2 is 2.12 bits per heavy atom. The van der Waals surface area contributed by atoms with Crippen LogP contribution in [0.2, 0.25) is 0 Å². The Morgan fingerprint density at radius 1 is 1.50 bits per heavy atom. The first-order chi connectivity index (χ1) is 7.36. The van der Waals surface area contributed by atoms with Gasteiger partial charge in [-0.2, -0.15) is 0 Å². The minimum atomic E-state index is 0.0922. The van der Waals surface area contributed by atoms with Crippen LogP contribution in [0.4, 0.5) is 0 Å². The van der Waals surface area contributed by atoms with Crippen LogP contribution in [0.3, 0.4) is 0 Å². The van der Waals surface area contributed by atoms with Crippen LogP contribution in [0.25, 0.3) is 0 Å². The zero-order valence-corrected chi connectivity index (χ0v) is 11.0. The molecule has 2 heteroatoms. The molecule has 0 saturated carbocycles. The fourth-order valence-corrected chi connectivity index (χ4v) is 2.52. The Hall–Kier alpha value is -0.890. The summed E-state index contributed by atoms with van der Waals surface area (Å²) in [7, 11) is 1.77. The molecule has 1 rings (SSSR count). The smallest absolute Gasteiger partial charge is 0.152 e. The zero-order chi connectivity index (χ0) is 12.3. The van der Waals surface area contributed by atoms with Crippen LogP contribution in [0, 0.1) is 5.41 Å². The van der Waals surface area contributed by atoms with Gasteiger partial charge in [0.05, 0.1) is 6.10 Å². The molecule has 0 heterocycles. The molecule has 1 aliphatic carbocycles. The molecular weight excluding hydrogens is 200 g/mol. The summed E-state index contributed by atoms with van der Waals surface area (Å²) in [6.45, 7) is 8.13. The van der Waals surface area contributed by atoms with Gasteiger partial charge in [0.1, 0.15) is 0 Å². The molecule has 90 valence electrons. The molecule has 1 aliphatic rings. The molecule has 0 spiro atoms. The van der Waals surface area contributed by atoms with E-state index in [4.69, 9.17) is 4.74 Å². The maximum Gasteiger partial charge on any atom is 0.152 e. The lowest BCUT2D eigenvalue weighted by atomic mass is 9.71. The first-order valence-corrected chi connectivity index (χ1v) is 5.78. The Balaban J connectivity index is 2.99. The van der Waals surface area contributed by atoms with Gasteiger partial charge < -0.3 is 4.74 Å². The van der Waals surface area contributed by atoms with E-state index < -0.39 is 0 Å². The van der Waals surface area contributed by atoms with E-state index in [0.717, 1.165) is 12.8 Å². The van der Waals surface area contributed by atoms with Crippen molar-refractivity contribution in [1.29, 1.82) is 0 Å². The lowest BCUT2D eigenvalue weighted by Crippen LogP contribution is -2.29. The van der Waals surface area contributed by atoms with Crippen LogP contribution >= 0.6 is 0 Å². The van der Waals surface area contributed by atoms with Crippen molar-refractivity contribution in [2.45, 2.75) is 46.6 Å². The monoisotopic (exact) mass is 222 g/mol. The third-order valence-corrected chi connectivity index (χ3v) is 3.28. The summed E-state index contributed by atoms with van der Waals surface area (Å²) in [6.07, 6.45) is 5.93. The molecule has 0 N–H and O–H groups in total. The van der Waals surface area contributed by atoms with Crippen LogP contribution in [0.15, 0.2) is 23.3 Å². The van der Waals surface area contributed by atoms with Gasteiger partial charge in [0.15, 0.2) is 5.78 Å². The highest BCUT2D eigenvalue weighted by atomic mass is 16.5. The van der Waals surface area contributed by atoms with E-state index >= 15 is 0 Å². The van der Waals surface area contributed by atoms with Crippen LogP contribution in [0.1, 0.15) is 40.5 Å². The fraction of sp³-hybridized carbons (Fsp3) is 0.643. The van der Waals surface area contributed by atoms with Crippen molar-refractivity contribution in [2.75, 3.05) is 7.11 Å². The van der Waals surface area contributed by atoms with Crippen molar-refractivity contribution in [2.24, 2.45) is 5.41 Å². The lowest BCUT2D eigenvalue weighted by molar-refractivity contribution is -0.112. The van der Waals surface area contributed by atoms with Crippen molar-refractivity contribution in [1.82, 2.24) is 0 Å². The van der Waals surface area contributed by atoms with Crippen LogP contribution in [0.5, 0.6) is 0 Å². The van der Waals surface area contributed by atoms with Gasteiger partial charge in [-0.1, -0.05) is 25.5 Å². The quantitative estimate of drug-likeness (QED) is 0.685. The number of carbonyl (C=O) groups is 1. The summed E-state index contributed by atoms with van der Waals surface area (Å²) < 4.78 is 5.45. The van der Waals surface area contributed by atoms with Crippen molar-refractivity contribution in [3.05, 3.63) is 23.3 Å². The number of hydrogen-bond acceptors (Lipinski definition) is 2. The summed E-state index contributed by atoms with van der Waals surface area (Å²) in [5.74, 6) is 0.102. The molecular formula is C14H22O2. The summed E-state index contributed by atoms with van der Waals surface area (Å²) in [6, 6.07) is 0. The van der Waals surface area contributed by atoms with E-state index in [-0.39, 0.29) is 11.2 Å². The highest BCUT2D eigenvalue weighted by molar-refractivity contribution is 5.87. The number of carbonyl (C=O) groups excluding carboxylic acids is 1. The Kier molecular flexibility index (Phi) is 4.09. The first kappa shape index (κ1) is 13.2. The number of ketones is 1. The van der Waals surface area contributed by atoms with Gasteiger partial charge in [-0.3, -0.25) is 4.79 Å². The molecule has 0 aromatic rings. The van der Waals surface area contributed by atoms with Crippen molar-refractivity contribution in [3.8, 4) is 0 Å². The SMILES string of the molecule is COC1CC(C)=C(C=CC(C)=O)C(C)(C)C1. The highest BCUT2D eigenvalue weighted by Crippen LogP contribution is 2.41. The second-order valence-corrected chi connectivity index (χ2v) is 5.29. The number of ether oxygens (including phenoxy) is 1. The van der Waals surface area contributed by atoms with E-state index in [0.29, 0.717) is 6.10 Å². The van der Waals surface area contributed by atoms with Gasteiger partial charge in [0.2, 0.25) is 0 Å². The topological polar surface area (TPSA) is 26.3 Å². The molecule has 1 atom stereocenters. The fourth-order valence-electron chi connectivity index (χ4n) is 2.52. The number of methoxy groups -OCH3 is 1. The molecule has 1 unspecified atom stereocenters. The van der Waals surface area contributed by atoms with E-state index in [1.807, 2.05) is 6.08 Å². The number of hydrogen-bond donors (Lipinski definition) is 0. The lowest BCUT2D eigenvalue weighted by Gasteiger charge is -2.37. The minimum Gasteiger partial charge on any atom is -0.381 e. The summed E-state index contributed by atoms with van der Waals surface area (Å²) in [5.41, 5.74) is 2.71. The van der Waals surface area contributed by atoms with Crippen molar-refractivity contribution in [3.63, 3.8) is 0 Å². The molecule has 16 heavy (non-hydrogen) atoms. The molecule has 0 aromatic carbocycles. The molecule has 2 nitrogen and oxygen atoms in total. The molecule has 0 amide bonds. The molecule has 0 aliphatic heterocycles. The highest BCUT2D eigenvalue weighted by Gasteiger charge is 2.32. The van der Waals surface area contributed by atoms with E-state index in [2.05, 4.69) is 20.8 Å². The van der Waals surface area contributed by atoms with Gasteiger partial charge in [-0.25, -0.2) is 0 Å². The van der Waals surface area contributed by atoms with Gasteiger partial charge in [-0.15, -0.1) is 0 Å². The van der Waals surface area contributed by atoms with Crippen LogP contribution in [-0.4, -0.2) is 19.0 Å². The summed E-state index contributed by atoms with van der Waals surface area (Å²) in [5, 5.41) is 0. The Morgan fingerprint density at radius 3 is 2.56 bits per heavy atom. The second kappa shape index (κ2) is 4.96. The van der Waals surface area contributed by atoms with Crippen LogP contribution < -0.4 is 0 Å². The van der Waals surface area contributed by atoms with Gasteiger partial charge in [0, 0.05) is 7.11 Å². The maximum atomic E-state index is 11.0. The first-order valence-electron chi connectivity index (χ1n) is 5.78. The molecule has 0 aromatic heterocycles. The maximum absolute atomic E-state index is 11.0. The average molecular weight is 222 g/mol. The summed E-state index contributed by atoms with van der Waals surface area (Å²) >= 11 is 0. The molecule has 0 bridgehead atoms. The minimum absolute atomic E-state index is 0.0922. The molecule has 0 radical (unpaired) electrons. The predicted octanol–water partition coefficient (Wildman–Crippen LogP) is 3.28. The van der Waals surface area contributed by atoms with Gasteiger partial charge >= 0.3 is 0 Å². The van der Waals surface area contributed by atoms with Crippen LogP contribution in [-0.2, 0) is 9.53 Å². The summed E-state index contributed by atoms with van der Waals surface area (Å²) in [4.78, 5) is 11.0. The average Bonchev–Trinajstić information content (AvgIpc) is 2.14. The standard InChI is InChI=1S/C14H22O2/c1-10-8-12(16-5)9-14(3,4)13(10)7-6-11(2)15/h6-7,12H,8-9H2,1-5H3. The normalized spacial score (nSPS) is 25.2. The van der Waals surface area contributed by atoms with Crippen molar-refractivity contribution < 1.29 is 9.53 Å². The van der Waals surface area contributed by atoms with E-state index in [1.54, 1.807) is 20.1 Å². The molecule has 0 fully saturated rings. The Bertz CT molecular complexity index is 335. The van der Waals surface area contributed by atoms with E-state index in [9.17, 15) is 4.79 Å². The van der Waals surface area contributed by atoms with Gasteiger partial charge in [-0.05, 0) is 43.8 Å².